The molecule has 2 heterocycles. The molecule has 146 valence electrons. The normalized spacial score (nSPS) is 21.2. The first-order valence-electron chi connectivity index (χ1n) is 8.69. The maximum Gasteiger partial charge on any atom is 0.304 e. The third-order valence-electron chi connectivity index (χ3n) is 4.97. The van der Waals surface area contributed by atoms with E-state index in [1.807, 2.05) is 0 Å². The number of nitrogens with zero attached hydrogens (tertiary/aromatic N) is 2. The first-order valence-corrected chi connectivity index (χ1v) is 8.69. The third kappa shape index (κ3) is 3.93. The van der Waals surface area contributed by atoms with Crippen LogP contribution in [0.1, 0.15) is 18.9 Å². The summed E-state index contributed by atoms with van der Waals surface area (Å²) in [5.74, 6) is -0.504. The Bertz CT molecular complexity index is 898. The maximum atomic E-state index is 12.1. The van der Waals surface area contributed by atoms with Gasteiger partial charge >= 0.3 is 5.97 Å². The lowest BCUT2D eigenvalue weighted by Gasteiger charge is -2.26. The van der Waals surface area contributed by atoms with Gasteiger partial charge < -0.3 is 20.9 Å². The smallest absolute Gasteiger partial charge is 0.304 e. The van der Waals surface area contributed by atoms with Gasteiger partial charge in [-0.15, -0.1) is 0 Å². The second kappa shape index (κ2) is 7.63. The van der Waals surface area contributed by atoms with Gasteiger partial charge in [0.15, 0.2) is 5.82 Å². The van der Waals surface area contributed by atoms with Gasteiger partial charge in [-0.1, -0.05) is 0 Å². The number of carboxylic acid groups (broad SMARTS) is 1. The van der Waals surface area contributed by atoms with Crippen molar-refractivity contribution in [1.29, 1.82) is 5.41 Å². The van der Waals surface area contributed by atoms with Crippen molar-refractivity contribution < 1.29 is 19.4 Å². The van der Waals surface area contributed by atoms with Crippen LogP contribution in [0.5, 0.6) is 5.75 Å². The highest BCUT2D eigenvalue weighted by Crippen LogP contribution is 2.36. The molecule has 1 aromatic carbocycles. The lowest BCUT2D eigenvalue weighted by Crippen LogP contribution is -2.36. The molecule has 0 spiro atoms. The van der Waals surface area contributed by atoms with E-state index in [9.17, 15) is 9.59 Å². The average Bonchev–Trinajstić information content (AvgIpc) is 2.94. The summed E-state index contributed by atoms with van der Waals surface area (Å²) < 4.78 is 5.79. The van der Waals surface area contributed by atoms with Crippen molar-refractivity contribution in [3.8, 4) is 17.1 Å². The largest absolute Gasteiger partial charge is 0.493 e. The zero-order chi connectivity index (χ0) is 20.3. The molecular formula is C19H21N5O4. The first kappa shape index (κ1) is 19.3. The summed E-state index contributed by atoms with van der Waals surface area (Å²) in [4.78, 5) is 31.5. The molecule has 9 nitrogen and oxygen atoms in total. The van der Waals surface area contributed by atoms with E-state index in [1.54, 1.807) is 31.2 Å². The number of ether oxygens (including phenoxy) is 1. The monoisotopic (exact) mass is 383 g/mol. The highest BCUT2D eigenvalue weighted by Gasteiger charge is 2.48. The summed E-state index contributed by atoms with van der Waals surface area (Å²) >= 11 is 0. The molecule has 1 aliphatic heterocycles. The SMILES string of the molecule is C[C@]1(CC(=O)O)C(=O)NC[C@@H]1COc1ccc(-c2ncc(C(=N)N)cn2)cc1. The molecule has 0 unspecified atom stereocenters. The number of nitrogens with two attached hydrogens (primary N) is 1. The van der Waals surface area contributed by atoms with Crippen molar-refractivity contribution in [2.75, 3.05) is 13.2 Å². The molecular weight excluding hydrogens is 362 g/mol. The van der Waals surface area contributed by atoms with Crippen LogP contribution in [0.2, 0.25) is 0 Å². The number of aliphatic carboxylic acids is 1. The minimum atomic E-state index is -1.01. The van der Waals surface area contributed by atoms with Crippen molar-refractivity contribution in [3.05, 3.63) is 42.2 Å². The lowest BCUT2D eigenvalue weighted by atomic mass is 9.77. The number of benzene rings is 1. The number of carboxylic acids is 1. The molecule has 1 fully saturated rings. The summed E-state index contributed by atoms with van der Waals surface area (Å²) in [6.07, 6.45) is 2.74. The summed E-state index contributed by atoms with van der Waals surface area (Å²) in [6.45, 7) is 2.27. The number of nitrogen functional groups attached to an aromatic ring is 1. The number of hydrogen-bond donors (Lipinski definition) is 4. The number of amidine groups is 1. The Hall–Kier alpha value is -3.49. The molecule has 2 aromatic rings. The number of aromatic nitrogens is 2. The van der Waals surface area contributed by atoms with E-state index in [0.717, 1.165) is 5.56 Å². The van der Waals surface area contributed by atoms with Gasteiger partial charge in [-0.3, -0.25) is 15.0 Å². The standard InChI is InChI=1S/C19H21N5O4/c1-19(6-15(25)26)13(9-24-18(19)27)10-28-14-4-2-11(3-5-14)17-22-7-12(8-23-17)16(20)21/h2-5,7-8,13H,6,9-10H2,1H3,(H3,20,21)(H,24,27)(H,25,26)/t13-,19-/m1/s1. The predicted molar refractivity (Wildman–Crippen MR) is 101 cm³/mol. The molecule has 1 saturated heterocycles. The fraction of sp³-hybridized carbons (Fsp3) is 0.316. The van der Waals surface area contributed by atoms with Gasteiger partial charge in [0, 0.05) is 30.4 Å². The van der Waals surface area contributed by atoms with Gasteiger partial charge in [0.05, 0.1) is 24.0 Å². The van der Waals surface area contributed by atoms with Crippen molar-refractivity contribution >= 4 is 17.7 Å². The van der Waals surface area contributed by atoms with Crippen LogP contribution < -0.4 is 15.8 Å². The number of rotatable bonds is 7. The van der Waals surface area contributed by atoms with Crippen LogP contribution in [0.15, 0.2) is 36.7 Å². The minimum absolute atomic E-state index is 0.0925. The Kier molecular flexibility index (Phi) is 5.25. The molecule has 0 radical (unpaired) electrons. The summed E-state index contributed by atoms with van der Waals surface area (Å²) in [7, 11) is 0. The molecule has 3 rings (SSSR count). The lowest BCUT2D eigenvalue weighted by molar-refractivity contribution is -0.144. The minimum Gasteiger partial charge on any atom is -0.493 e. The van der Waals surface area contributed by atoms with Crippen LogP contribution in [0.25, 0.3) is 11.4 Å². The molecule has 0 saturated carbocycles. The van der Waals surface area contributed by atoms with Crippen molar-refractivity contribution in [1.82, 2.24) is 15.3 Å². The third-order valence-corrected chi connectivity index (χ3v) is 4.97. The fourth-order valence-electron chi connectivity index (χ4n) is 3.12. The molecule has 2 atom stereocenters. The summed E-state index contributed by atoms with van der Waals surface area (Å²) in [6, 6.07) is 7.12. The number of carbonyl (C=O) groups excluding carboxylic acids is 1. The number of nitrogens with one attached hydrogen (secondary N) is 2. The van der Waals surface area contributed by atoms with Gasteiger partial charge in [-0.2, -0.15) is 0 Å². The number of amides is 1. The zero-order valence-corrected chi connectivity index (χ0v) is 15.3. The van der Waals surface area contributed by atoms with Crippen LogP contribution in [-0.2, 0) is 9.59 Å². The van der Waals surface area contributed by atoms with E-state index in [4.69, 9.17) is 21.0 Å². The van der Waals surface area contributed by atoms with E-state index in [2.05, 4.69) is 15.3 Å². The molecule has 1 amide bonds. The second-order valence-corrected chi connectivity index (χ2v) is 6.94. The summed E-state index contributed by atoms with van der Waals surface area (Å²) in [5.41, 5.74) is 5.63. The molecule has 0 bridgehead atoms. The maximum absolute atomic E-state index is 12.1. The van der Waals surface area contributed by atoms with E-state index < -0.39 is 11.4 Å². The number of carbonyl (C=O) groups is 2. The Morgan fingerprint density at radius 2 is 2.00 bits per heavy atom. The van der Waals surface area contributed by atoms with Crippen LogP contribution in [0, 0.1) is 16.7 Å². The predicted octanol–water partition coefficient (Wildman–Crippen LogP) is 1.03. The molecule has 1 aliphatic rings. The van der Waals surface area contributed by atoms with E-state index >= 15 is 0 Å². The highest BCUT2D eigenvalue weighted by molar-refractivity contribution is 5.94. The topological polar surface area (TPSA) is 151 Å². The van der Waals surface area contributed by atoms with Gasteiger partial charge in [0.2, 0.25) is 5.91 Å². The van der Waals surface area contributed by atoms with Gasteiger partial charge in [0.25, 0.3) is 0 Å². The van der Waals surface area contributed by atoms with Crippen molar-refractivity contribution in [2.45, 2.75) is 13.3 Å². The van der Waals surface area contributed by atoms with Crippen molar-refractivity contribution in [3.63, 3.8) is 0 Å². The molecule has 9 heteroatoms. The van der Waals surface area contributed by atoms with Crippen LogP contribution in [0.4, 0.5) is 0 Å². The molecule has 5 N–H and O–H groups in total. The van der Waals surface area contributed by atoms with E-state index in [1.165, 1.54) is 12.4 Å². The van der Waals surface area contributed by atoms with Gasteiger partial charge in [0.1, 0.15) is 11.6 Å². The quantitative estimate of drug-likeness (QED) is 0.412. The molecule has 28 heavy (non-hydrogen) atoms. The Labute approximate surface area is 161 Å². The molecule has 1 aromatic heterocycles. The van der Waals surface area contributed by atoms with Gasteiger partial charge in [-0.25, -0.2) is 9.97 Å². The van der Waals surface area contributed by atoms with Crippen LogP contribution >= 0.6 is 0 Å². The summed E-state index contributed by atoms with van der Waals surface area (Å²) in [5, 5.41) is 19.2. The van der Waals surface area contributed by atoms with Gasteiger partial charge in [-0.05, 0) is 31.2 Å². The number of hydrogen-bond acceptors (Lipinski definition) is 6. The molecule has 0 aliphatic carbocycles. The van der Waals surface area contributed by atoms with Crippen LogP contribution in [-0.4, -0.2) is 45.9 Å². The Morgan fingerprint density at radius 1 is 1.36 bits per heavy atom. The first-order chi connectivity index (χ1) is 13.3. The van der Waals surface area contributed by atoms with E-state index in [-0.39, 0.29) is 30.7 Å². The fourth-order valence-corrected chi connectivity index (χ4v) is 3.12. The average molecular weight is 383 g/mol. The van der Waals surface area contributed by atoms with E-state index in [0.29, 0.717) is 23.7 Å². The van der Waals surface area contributed by atoms with Crippen LogP contribution in [0.3, 0.4) is 0 Å². The second-order valence-electron chi connectivity index (χ2n) is 6.94. The Morgan fingerprint density at radius 3 is 2.57 bits per heavy atom. The highest BCUT2D eigenvalue weighted by atomic mass is 16.5. The zero-order valence-electron chi connectivity index (χ0n) is 15.3. The Balaban J connectivity index is 1.65. The van der Waals surface area contributed by atoms with Crippen molar-refractivity contribution in [2.24, 2.45) is 17.1 Å².